The highest BCUT2D eigenvalue weighted by Crippen LogP contribution is 2.37. The number of carbonyl (C=O) groups is 2. The number of benzene rings is 1. The van der Waals surface area contributed by atoms with E-state index in [1.54, 1.807) is 0 Å². The largest absolute Gasteiger partial charge is 0.483 e. The lowest BCUT2D eigenvalue weighted by Crippen LogP contribution is -2.22. The maximum atomic E-state index is 12.4. The minimum atomic E-state index is -0.481. The summed E-state index contributed by atoms with van der Waals surface area (Å²) in [7, 11) is 0. The first-order valence-corrected chi connectivity index (χ1v) is 9.75. The molecule has 0 saturated heterocycles. The lowest BCUT2D eigenvalue weighted by atomic mass is 9.95. The van der Waals surface area contributed by atoms with Crippen LogP contribution in [0, 0.1) is 0 Å². The van der Waals surface area contributed by atoms with Crippen LogP contribution in [-0.4, -0.2) is 18.4 Å². The van der Waals surface area contributed by atoms with Crippen molar-refractivity contribution < 1.29 is 14.3 Å². The van der Waals surface area contributed by atoms with Gasteiger partial charge in [-0.3, -0.25) is 9.59 Å². The van der Waals surface area contributed by atoms with Crippen LogP contribution in [0.5, 0.6) is 5.75 Å². The van der Waals surface area contributed by atoms with Crippen molar-refractivity contribution in [1.29, 1.82) is 0 Å². The molecule has 1 heterocycles. The van der Waals surface area contributed by atoms with Crippen LogP contribution >= 0.6 is 11.3 Å². The molecule has 1 aliphatic carbocycles. The summed E-state index contributed by atoms with van der Waals surface area (Å²) in [6.07, 6.45) is 3.94. The van der Waals surface area contributed by atoms with Crippen molar-refractivity contribution in [3.05, 3.63) is 45.8 Å². The Morgan fingerprint density at radius 2 is 1.96 bits per heavy atom. The van der Waals surface area contributed by atoms with E-state index in [1.807, 2.05) is 24.3 Å². The van der Waals surface area contributed by atoms with Gasteiger partial charge >= 0.3 is 0 Å². The summed E-state index contributed by atoms with van der Waals surface area (Å²) >= 11 is 1.46. The molecule has 0 atom stereocenters. The van der Waals surface area contributed by atoms with Crippen LogP contribution in [0.25, 0.3) is 0 Å². The minimum Gasteiger partial charge on any atom is -0.483 e. The zero-order valence-corrected chi connectivity index (χ0v) is 15.9. The second-order valence-corrected chi connectivity index (χ2v) is 7.91. The van der Waals surface area contributed by atoms with Gasteiger partial charge in [0.05, 0.1) is 5.56 Å². The topological polar surface area (TPSA) is 81.4 Å². The Morgan fingerprint density at radius 1 is 1.23 bits per heavy atom. The Balaban J connectivity index is 1.71. The molecule has 26 heavy (non-hydrogen) atoms. The fourth-order valence-corrected chi connectivity index (χ4v) is 4.62. The van der Waals surface area contributed by atoms with E-state index in [0.717, 1.165) is 41.7 Å². The Hall–Kier alpha value is -2.34. The number of rotatable bonds is 6. The van der Waals surface area contributed by atoms with E-state index < -0.39 is 5.91 Å². The molecule has 138 valence electrons. The molecule has 0 saturated carbocycles. The highest BCUT2D eigenvalue weighted by atomic mass is 32.1. The maximum absolute atomic E-state index is 12.4. The summed E-state index contributed by atoms with van der Waals surface area (Å²) in [5, 5.41) is 3.37. The molecule has 1 aromatic heterocycles. The van der Waals surface area contributed by atoms with E-state index >= 15 is 0 Å². The lowest BCUT2D eigenvalue weighted by molar-refractivity contribution is -0.118. The van der Waals surface area contributed by atoms with Crippen LogP contribution in [0.2, 0.25) is 0 Å². The lowest BCUT2D eigenvalue weighted by Gasteiger charge is -2.13. The predicted molar refractivity (Wildman–Crippen MR) is 104 cm³/mol. The van der Waals surface area contributed by atoms with Crippen LogP contribution in [0.1, 0.15) is 59.0 Å². The Morgan fingerprint density at radius 3 is 2.69 bits per heavy atom. The Kier molecular flexibility index (Phi) is 5.61. The van der Waals surface area contributed by atoms with E-state index in [2.05, 4.69) is 19.2 Å². The SMILES string of the molecule is CC(C)c1ccccc1OCC(=O)Nc1sc2c(c1C(N)=O)CCCC2. The first-order chi connectivity index (χ1) is 12.5. The molecule has 0 aliphatic heterocycles. The van der Waals surface area contributed by atoms with E-state index in [-0.39, 0.29) is 12.5 Å². The number of carbonyl (C=O) groups excluding carboxylic acids is 2. The van der Waals surface area contributed by atoms with Gasteiger partial charge in [0.1, 0.15) is 10.8 Å². The summed E-state index contributed by atoms with van der Waals surface area (Å²) < 4.78 is 5.71. The van der Waals surface area contributed by atoms with Crippen molar-refractivity contribution in [3.8, 4) is 5.75 Å². The third-order valence-electron chi connectivity index (χ3n) is 4.57. The highest BCUT2D eigenvalue weighted by molar-refractivity contribution is 7.17. The first-order valence-electron chi connectivity index (χ1n) is 8.93. The van der Waals surface area contributed by atoms with Crippen molar-refractivity contribution in [3.63, 3.8) is 0 Å². The monoisotopic (exact) mass is 372 g/mol. The Bertz CT molecular complexity index is 826. The number of anilines is 1. The molecule has 2 amide bonds. The number of ether oxygens (including phenoxy) is 1. The third-order valence-corrected chi connectivity index (χ3v) is 5.78. The van der Waals surface area contributed by atoms with E-state index in [9.17, 15) is 9.59 Å². The number of para-hydroxylation sites is 1. The van der Waals surface area contributed by atoms with Crippen molar-refractivity contribution in [2.45, 2.75) is 45.4 Å². The molecule has 3 N–H and O–H groups in total. The quantitative estimate of drug-likeness (QED) is 0.808. The summed E-state index contributed by atoms with van der Waals surface area (Å²) in [5.41, 5.74) is 8.10. The van der Waals surface area contributed by atoms with Crippen LogP contribution < -0.4 is 15.8 Å². The molecule has 1 aromatic carbocycles. The van der Waals surface area contributed by atoms with E-state index in [1.165, 1.54) is 11.3 Å². The molecular formula is C20H24N2O3S. The number of primary amides is 1. The third kappa shape index (κ3) is 3.90. The van der Waals surface area contributed by atoms with Crippen LogP contribution in [0.4, 0.5) is 5.00 Å². The van der Waals surface area contributed by atoms with Gasteiger partial charge in [0, 0.05) is 4.88 Å². The van der Waals surface area contributed by atoms with Crippen molar-refractivity contribution >= 4 is 28.2 Å². The first kappa shape index (κ1) is 18.5. The van der Waals surface area contributed by atoms with Gasteiger partial charge < -0.3 is 15.8 Å². The van der Waals surface area contributed by atoms with Crippen LogP contribution in [-0.2, 0) is 17.6 Å². The zero-order valence-electron chi connectivity index (χ0n) is 15.1. The Labute approximate surface area is 157 Å². The average molecular weight is 372 g/mol. The fraction of sp³-hybridized carbons (Fsp3) is 0.400. The summed E-state index contributed by atoms with van der Waals surface area (Å²) in [6, 6.07) is 7.70. The molecule has 6 heteroatoms. The van der Waals surface area contributed by atoms with Gasteiger partial charge in [-0.15, -0.1) is 11.3 Å². The van der Waals surface area contributed by atoms with Gasteiger partial charge in [0.15, 0.2) is 6.61 Å². The maximum Gasteiger partial charge on any atom is 0.262 e. The second kappa shape index (κ2) is 7.91. The van der Waals surface area contributed by atoms with Gasteiger partial charge in [-0.25, -0.2) is 0 Å². The zero-order chi connectivity index (χ0) is 18.7. The molecule has 0 fully saturated rings. The number of hydrogen-bond acceptors (Lipinski definition) is 4. The van der Waals surface area contributed by atoms with Crippen LogP contribution in [0.15, 0.2) is 24.3 Å². The smallest absolute Gasteiger partial charge is 0.262 e. The van der Waals surface area contributed by atoms with E-state index in [4.69, 9.17) is 10.5 Å². The molecule has 0 radical (unpaired) electrons. The van der Waals surface area contributed by atoms with Gasteiger partial charge in [0.2, 0.25) is 0 Å². The molecule has 1 aliphatic rings. The van der Waals surface area contributed by atoms with Crippen LogP contribution in [0.3, 0.4) is 0 Å². The van der Waals surface area contributed by atoms with Gasteiger partial charge in [-0.2, -0.15) is 0 Å². The summed E-state index contributed by atoms with van der Waals surface area (Å²) in [4.78, 5) is 25.4. The highest BCUT2D eigenvalue weighted by Gasteiger charge is 2.25. The molecule has 3 rings (SSSR count). The van der Waals surface area contributed by atoms with Crippen molar-refractivity contribution in [2.24, 2.45) is 5.73 Å². The van der Waals surface area contributed by atoms with Gasteiger partial charge in [0.25, 0.3) is 11.8 Å². The average Bonchev–Trinajstić information content (AvgIpc) is 2.98. The molecule has 2 aromatic rings. The molecule has 0 unspecified atom stereocenters. The number of aryl methyl sites for hydroxylation is 1. The standard InChI is InChI=1S/C20H24N2O3S/c1-12(2)13-7-3-5-9-15(13)25-11-17(23)22-20-18(19(21)24)14-8-4-6-10-16(14)26-20/h3,5,7,9,12H,4,6,8,10-11H2,1-2H3,(H2,21,24)(H,22,23). The van der Waals surface area contributed by atoms with Crippen molar-refractivity contribution in [1.82, 2.24) is 0 Å². The fourth-order valence-electron chi connectivity index (χ4n) is 3.31. The number of amides is 2. The molecule has 5 nitrogen and oxygen atoms in total. The minimum absolute atomic E-state index is 0.107. The summed E-state index contributed by atoms with van der Waals surface area (Å²) in [6.45, 7) is 4.06. The second-order valence-electron chi connectivity index (χ2n) is 6.81. The van der Waals surface area contributed by atoms with E-state index in [0.29, 0.717) is 22.2 Å². The molecule has 0 bridgehead atoms. The number of hydrogen-bond donors (Lipinski definition) is 2. The molecular weight excluding hydrogens is 348 g/mol. The number of nitrogens with two attached hydrogens (primary N) is 1. The summed E-state index contributed by atoms with van der Waals surface area (Å²) in [5.74, 6) is 0.244. The van der Waals surface area contributed by atoms with Gasteiger partial charge in [-0.1, -0.05) is 32.0 Å². The number of nitrogens with one attached hydrogen (secondary N) is 1. The van der Waals surface area contributed by atoms with Crippen molar-refractivity contribution in [2.75, 3.05) is 11.9 Å². The molecule has 0 spiro atoms. The number of thiophene rings is 1. The van der Waals surface area contributed by atoms with Gasteiger partial charge in [-0.05, 0) is 48.8 Å². The normalized spacial score (nSPS) is 13.3. The predicted octanol–water partition coefficient (Wildman–Crippen LogP) is 3.87. The number of fused-ring (bicyclic) bond motifs is 1.